The molecule has 0 radical (unpaired) electrons. The van der Waals surface area contributed by atoms with Gasteiger partial charge in [0.05, 0.1) is 23.2 Å². The van der Waals surface area contributed by atoms with Crippen molar-refractivity contribution in [3.63, 3.8) is 0 Å². The van der Waals surface area contributed by atoms with Crippen LogP contribution in [0.1, 0.15) is 10.4 Å². The summed E-state index contributed by atoms with van der Waals surface area (Å²) < 4.78 is 28.6. The van der Waals surface area contributed by atoms with Gasteiger partial charge >= 0.3 is 5.97 Å². The van der Waals surface area contributed by atoms with E-state index in [2.05, 4.69) is 16.8 Å². The van der Waals surface area contributed by atoms with Gasteiger partial charge in [-0.1, -0.05) is 0 Å². The maximum atomic E-state index is 12.1. The van der Waals surface area contributed by atoms with E-state index in [4.69, 9.17) is 4.74 Å². The molecule has 2 aromatic rings. The van der Waals surface area contributed by atoms with Gasteiger partial charge in [-0.2, -0.15) is 10.2 Å². The lowest BCUT2D eigenvalue weighted by atomic mass is 10.2. The van der Waals surface area contributed by atoms with E-state index >= 15 is 0 Å². The van der Waals surface area contributed by atoms with Gasteiger partial charge in [-0.3, -0.25) is 0 Å². The van der Waals surface area contributed by atoms with Gasteiger partial charge in [0.15, 0.2) is 0 Å². The molecule has 2 rings (SSSR count). The highest BCUT2D eigenvalue weighted by molar-refractivity contribution is 7.88. The van der Waals surface area contributed by atoms with Crippen LogP contribution in [0, 0.1) is 0 Å². The second-order valence-electron chi connectivity index (χ2n) is 6.17. The molecule has 0 aliphatic carbocycles. The summed E-state index contributed by atoms with van der Waals surface area (Å²) in [6, 6.07) is 13.8. The van der Waals surface area contributed by atoms with Crippen LogP contribution in [0.15, 0.2) is 71.2 Å². The van der Waals surface area contributed by atoms with Crippen molar-refractivity contribution in [1.29, 1.82) is 0 Å². The van der Waals surface area contributed by atoms with Crippen molar-refractivity contribution in [2.24, 2.45) is 10.2 Å². The number of carbonyl (C=O) groups excluding carboxylic acids is 1. The molecular weight excluding hydrogens is 380 g/mol. The molecule has 0 aliphatic heterocycles. The molecule has 0 atom stereocenters. The van der Waals surface area contributed by atoms with Gasteiger partial charge in [0, 0.05) is 26.8 Å². The third-order valence-corrected chi connectivity index (χ3v) is 5.01. The van der Waals surface area contributed by atoms with Crippen molar-refractivity contribution >= 4 is 33.1 Å². The fraction of sp³-hybridized carbons (Fsp3) is 0.211. The summed E-state index contributed by atoms with van der Waals surface area (Å²) in [6.45, 7) is 3.45. The maximum absolute atomic E-state index is 12.1. The smallest absolute Gasteiger partial charge is 0.344 e. The summed E-state index contributed by atoms with van der Waals surface area (Å²) >= 11 is 0. The fourth-order valence-corrected chi connectivity index (χ4v) is 2.42. The molecule has 0 heterocycles. The number of nitrogens with zero attached hydrogens (tertiary/aromatic N) is 4. The van der Waals surface area contributed by atoms with Gasteiger partial charge in [0.2, 0.25) is 15.9 Å². The van der Waals surface area contributed by atoms with Crippen LogP contribution in [0.25, 0.3) is 0 Å². The topological polar surface area (TPSA) is 91.6 Å². The molecule has 28 heavy (non-hydrogen) atoms. The molecule has 2 aromatic carbocycles. The highest BCUT2D eigenvalue weighted by Gasteiger charge is 2.18. The second-order valence-corrected chi connectivity index (χ2v) is 8.19. The van der Waals surface area contributed by atoms with E-state index in [9.17, 15) is 13.2 Å². The Hall–Kier alpha value is -3.20. The molecule has 0 aliphatic rings. The van der Waals surface area contributed by atoms with Gasteiger partial charge in [-0.25, -0.2) is 17.5 Å². The number of azo groups is 1. The van der Waals surface area contributed by atoms with E-state index < -0.39 is 16.0 Å². The Morgan fingerprint density at radius 1 is 0.929 bits per heavy atom. The summed E-state index contributed by atoms with van der Waals surface area (Å²) in [5.41, 5.74) is 2.55. The fourth-order valence-electron chi connectivity index (χ4n) is 2.01. The molecule has 0 N–H and O–H groups in total. The number of anilines is 1. The predicted molar refractivity (Wildman–Crippen MR) is 109 cm³/mol. The minimum Gasteiger partial charge on any atom is -0.406 e. The Kier molecular flexibility index (Phi) is 6.53. The third kappa shape index (κ3) is 5.65. The quantitative estimate of drug-likeness (QED) is 0.400. The highest BCUT2D eigenvalue weighted by Crippen LogP contribution is 2.22. The lowest BCUT2D eigenvalue weighted by Crippen LogP contribution is -2.27. The zero-order valence-corrected chi connectivity index (χ0v) is 17.0. The van der Waals surface area contributed by atoms with Crippen molar-refractivity contribution in [2.75, 3.05) is 32.3 Å². The average molecular weight is 402 g/mol. The third-order valence-electron chi connectivity index (χ3n) is 3.81. The lowest BCUT2D eigenvalue weighted by Gasteiger charge is -2.18. The number of carbonyl (C=O) groups is 1. The minimum atomic E-state index is -3.55. The van der Waals surface area contributed by atoms with Gasteiger partial charge in [0.25, 0.3) is 0 Å². The van der Waals surface area contributed by atoms with E-state index in [0.717, 1.165) is 16.2 Å². The van der Waals surface area contributed by atoms with Crippen molar-refractivity contribution in [3.8, 4) is 0 Å². The summed E-state index contributed by atoms with van der Waals surface area (Å²) in [4.78, 5) is 14.1. The molecule has 0 saturated heterocycles. The highest BCUT2D eigenvalue weighted by atomic mass is 32.2. The Morgan fingerprint density at radius 3 is 1.82 bits per heavy atom. The van der Waals surface area contributed by atoms with Crippen LogP contribution in [-0.4, -0.2) is 46.1 Å². The molecule has 0 spiro atoms. The van der Waals surface area contributed by atoms with Crippen LogP contribution in [0.4, 0.5) is 17.1 Å². The number of ether oxygens (including phenoxy) is 1. The van der Waals surface area contributed by atoms with E-state index in [1.165, 1.54) is 19.2 Å². The van der Waals surface area contributed by atoms with E-state index in [1.807, 2.05) is 43.3 Å². The molecule has 0 amide bonds. The lowest BCUT2D eigenvalue weighted by molar-refractivity contribution is 0.0572. The van der Waals surface area contributed by atoms with Gasteiger partial charge < -0.3 is 9.64 Å². The van der Waals surface area contributed by atoms with E-state index in [1.54, 1.807) is 12.1 Å². The van der Waals surface area contributed by atoms with Gasteiger partial charge in [-0.15, -0.1) is 0 Å². The molecule has 0 saturated carbocycles. The summed E-state index contributed by atoms with van der Waals surface area (Å²) in [6.07, 6.45) is 0.986. The largest absolute Gasteiger partial charge is 0.406 e. The number of sulfonamides is 1. The monoisotopic (exact) mass is 402 g/mol. The Morgan fingerprint density at radius 2 is 1.39 bits per heavy atom. The zero-order chi connectivity index (χ0) is 20.9. The molecule has 0 unspecified atom stereocenters. The first-order valence-electron chi connectivity index (χ1n) is 8.22. The van der Waals surface area contributed by atoms with Crippen LogP contribution >= 0.6 is 0 Å². The summed E-state index contributed by atoms with van der Waals surface area (Å²) in [7, 11) is 1.61. The number of esters is 1. The first kappa shape index (κ1) is 21.1. The van der Waals surface area contributed by atoms with Crippen molar-refractivity contribution < 1.29 is 17.9 Å². The van der Waals surface area contributed by atoms with Gasteiger partial charge in [-0.05, 0) is 55.1 Å². The Balaban J connectivity index is 2.02. The zero-order valence-electron chi connectivity index (χ0n) is 16.2. The second kappa shape index (κ2) is 8.66. The van der Waals surface area contributed by atoms with Crippen molar-refractivity contribution in [3.05, 3.63) is 66.6 Å². The first-order valence-corrected chi connectivity index (χ1v) is 10.1. The molecule has 148 valence electrons. The molecule has 0 fully saturated rings. The molecule has 9 heteroatoms. The Labute approximate surface area is 164 Å². The summed E-state index contributed by atoms with van der Waals surface area (Å²) in [5, 5.41) is 8.28. The standard InChI is InChI=1S/C19H22N4O4S/c1-14(23(4)28(5,25)26)27-19(24)15-6-8-16(9-7-15)20-21-17-10-12-18(13-11-17)22(2)3/h6-13H,1H2,2-5H3/b21-20+. The average Bonchev–Trinajstić information content (AvgIpc) is 2.65. The van der Waals surface area contributed by atoms with E-state index in [0.29, 0.717) is 11.4 Å². The van der Waals surface area contributed by atoms with Crippen LogP contribution in [0.3, 0.4) is 0 Å². The van der Waals surface area contributed by atoms with Crippen molar-refractivity contribution in [1.82, 2.24) is 4.31 Å². The Bertz CT molecular complexity index is 982. The SMILES string of the molecule is C=C(OC(=O)c1ccc(/N=N/c2ccc(N(C)C)cc2)cc1)N(C)S(C)(=O)=O. The molecular formula is C19H22N4O4S. The van der Waals surface area contributed by atoms with Crippen LogP contribution in [0.2, 0.25) is 0 Å². The molecule has 0 aromatic heterocycles. The van der Waals surface area contributed by atoms with Gasteiger partial charge in [0.1, 0.15) is 0 Å². The van der Waals surface area contributed by atoms with Crippen molar-refractivity contribution in [2.45, 2.75) is 0 Å². The summed E-state index contributed by atoms with van der Waals surface area (Å²) in [5.74, 6) is -0.999. The van der Waals surface area contributed by atoms with Crippen LogP contribution in [-0.2, 0) is 14.8 Å². The van der Waals surface area contributed by atoms with Crippen LogP contribution in [0.5, 0.6) is 0 Å². The predicted octanol–water partition coefficient (Wildman–Crippen LogP) is 3.69. The first-order chi connectivity index (χ1) is 13.1. The van der Waals surface area contributed by atoms with E-state index in [-0.39, 0.29) is 11.4 Å². The minimum absolute atomic E-state index is 0.234. The maximum Gasteiger partial charge on any atom is 0.344 e. The molecule has 0 bridgehead atoms. The normalized spacial score (nSPS) is 11.3. The van der Waals surface area contributed by atoms with Crippen LogP contribution < -0.4 is 4.90 Å². The number of hydrogen-bond donors (Lipinski definition) is 0. The number of hydrogen-bond acceptors (Lipinski definition) is 7. The number of benzene rings is 2. The number of rotatable bonds is 7. The molecule has 8 nitrogen and oxygen atoms in total.